The van der Waals surface area contributed by atoms with Crippen molar-refractivity contribution in [3.8, 4) is 0 Å². The van der Waals surface area contributed by atoms with Gasteiger partial charge in [0.15, 0.2) is 0 Å². The third kappa shape index (κ3) is 1.85. The molecule has 1 aromatic carbocycles. The minimum Gasteiger partial charge on any atom is -0.324 e. The molecule has 0 heterocycles. The van der Waals surface area contributed by atoms with Gasteiger partial charge in [-0.25, -0.2) is 0 Å². The Balaban J connectivity index is 3.06. The lowest BCUT2D eigenvalue weighted by atomic mass is 10.1. The zero-order chi connectivity index (χ0) is 8.27. The summed E-state index contributed by atoms with van der Waals surface area (Å²) < 4.78 is 0. The molecular weight excluding hydrogens is 160 g/mol. The van der Waals surface area contributed by atoms with E-state index in [2.05, 4.69) is 5.43 Å². The van der Waals surface area contributed by atoms with Crippen LogP contribution in [-0.4, -0.2) is 0 Å². The number of nitrogens with one attached hydrogen (secondary N) is 1. The number of hydrogen-bond acceptors (Lipinski definition) is 2. The van der Waals surface area contributed by atoms with E-state index in [1.807, 2.05) is 25.1 Å². The summed E-state index contributed by atoms with van der Waals surface area (Å²) in [7, 11) is 0. The molecule has 1 aromatic rings. The molecule has 0 fully saturated rings. The maximum absolute atomic E-state index is 5.67. The number of benzene rings is 1. The number of alkyl halides is 1. The Labute approximate surface area is 71.3 Å². The summed E-state index contributed by atoms with van der Waals surface area (Å²) in [6, 6.07) is 5.95. The molecule has 2 nitrogen and oxygen atoms in total. The average molecular weight is 171 g/mol. The Morgan fingerprint density at radius 1 is 1.55 bits per heavy atom. The van der Waals surface area contributed by atoms with Gasteiger partial charge in [0.1, 0.15) is 0 Å². The molecule has 0 aliphatic heterocycles. The number of nitrogen functional groups attached to an aromatic ring is 1. The normalized spacial score (nSPS) is 9.73. The van der Waals surface area contributed by atoms with Crippen molar-refractivity contribution in [3.63, 3.8) is 0 Å². The van der Waals surface area contributed by atoms with Crippen LogP contribution >= 0.6 is 11.6 Å². The molecule has 0 spiro atoms. The van der Waals surface area contributed by atoms with Crippen molar-refractivity contribution in [2.75, 3.05) is 5.43 Å². The van der Waals surface area contributed by atoms with Crippen LogP contribution in [0.1, 0.15) is 11.1 Å². The Morgan fingerprint density at radius 2 is 2.27 bits per heavy atom. The topological polar surface area (TPSA) is 38.0 Å². The number of rotatable bonds is 2. The highest BCUT2D eigenvalue weighted by atomic mass is 35.5. The molecule has 0 bridgehead atoms. The number of nitrogens with two attached hydrogens (primary N) is 1. The second-order valence-corrected chi connectivity index (χ2v) is 2.71. The number of anilines is 1. The van der Waals surface area contributed by atoms with E-state index in [4.69, 9.17) is 17.4 Å². The Kier molecular flexibility index (Phi) is 2.74. The second kappa shape index (κ2) is 3.60. The van der Waals surface area contributed by atoms with E-state index in [0.29, 0.717) is 5.88 Å². The predicted octanol–water partition coefficient (Wildman–Crippen LogP) is 2.02. The molecule has 0 atom stereocenters. The van der Waals surface area contributed by atoms with E-state index in [1.54, 1.807) is 0 Å². The molecule has 0 aliphatic rings. The second-order valence-electron chi connectivity index (χ2n) is 2.44. The van der Waals surface area contributed by atoms with Crippen molar-refractivity contribution in [2.45, 2.75) is 12.8 Å². The van der Waals surface area contributed by atoms with Gasteiger partial charge >= 0.3 is 0 Å². The molecule has 1 rings (SSSR count). The number of hydrazine groups is 1. The van der Waals surface area contributed by atoms with Gasteiger partial charge < -0.3 is 5.43 Å². The van der Waals surface area contributed by atoms with Gasteiger partial charge in [0.05, 0.1) is 5.69 Å². The van der Waals surface area contributed by atoms with Gasteiger partial charge in [0.2, 0.25) is 0 Å². The highest BCUT2D eigenvalue weighted by Gasteiger charge is 1.98. The van der Waals surface area contributed by atoms with Gasteiger partial charge in [0, 0.05) is 5.88 Å². The van der Waals surface area contributed by atoms with Crippen LogP contribution in [0.3, 0.4) is 0 Å². The quantitative estimate of drug-likeness (QED) is 0.405. The van der Waals surface area contributed by atoms with Gasteiger partial charge in [0.25, 0.3) is 0 Å². The van der Waals surface area contributed by atoms with Crippen LogP contribution in [0.2, 0.25) is 0 Å². The lowest BCUT2D eigenvalue weighted by Gasteiger charge is -2.06. The fraction of sp³-hybridized carbons (Fsp3) is 0.250. The number of halogens is 1. The van der Waals surface area contributed by atoms with Gasteiger partial charge in [-0.3, -0.25) is 5.84 Å². The lowest BCUT2D eigenvalue weighted by molar-refractivity contribution is 1.27. The van der Waals surface area contributed by atoms with Crippen molar-refractivity contribution < 1.29 is 0 Å². The van der Waals surface area contributed by atoms with Crippen LogP contribution < -0.4 is 11.3 Å². The zero-order valence-corrected chi connectivity index (χ0v) is 7.15. The highest BCUT2D eigenvalue weighted by molar-refractivity contribution is 6.17. The van der Waals surface area contributed by atoms with Crippen molar-refractivity contribution in [3.05, 3.63) is 29.3 Å². The van der Waals surface area contributed by atoms with Crippen LogP contribution in [0.15, 0.2) is 18.2 Å². The largest absolute Gasteiger partial charge is 0.324 e. The fourth-order valence-corrected chi connectivity index (χ4v) is 1.17. The molecular formula is C8H11ClN2. The van der Waals surface area contributed by atoms with Crippen molar-refractivity contribution in [1.29, 1.82) is 0 Å². The third-order valence-electron chi connectivity index (χ3n) is 1.56. The average Bonchev–Trinajstić information content (AvgIpc) is 2.04. The lowest BCUT2D eigenvalue weighted by Crippen LogP contribution is -2.08. The summed E-state index contributed by atoms with van der Waals surface area (Å²) in [6.07, 6.45) is 0. The Morgan fingerprint density at radius 3 is 2.82 bits per heavy atom. The maximum Gasteiger partial charge on any atom is 0.0531 e. The molecule has 0 saturated carbocycles. The van der Waals surface area contributed by atoms with Gasteiger partial charge in [-0.1, -0.05) is 12.1 Å². The van der Waals surface area contributed by atoms with E-state index in [0.717, 1.165) is 11.3 Å². The molecule has 60 valence electrons. The van der Waals surface area contributed by atoms with Gasteiger partial charge in [-0.05, 0) is 24.1 Å². The van der Waals surface area contributed by atoms with Gasteiger partial charge in [-0.15, -0.1) is 11.6 Å². The van der Waals surface area contributed by atoms with Crippen LogP contribution in [-0.2, 0) is 5.88 Å². The minimum absolute atomic E-state index is 0.486. The van der Waals surface area contributed by atoms with E-state index < -0.39 is 0 Å². The summed E-state index contributed by atoms with van der Waals surface area (Å²) in [4.78, 5) is 0. The first-order valence-corrected chi connectivity index (χ1v) is 3.93. The molecule has 0 radical (unpaired) electrons. The molecule has 3 N–H and O–H groups in total. The van der Waals surface area contributed by atoms with E-state index in [1.165, 1.54) is 5.56 Å². The standard InChI is InChI=1S/C8H11ClN2/c1-6-2-3-7(5-9)8(4-6)11-10/h2-4,11H,5,10H2,1H3. The first-order chi connectivity index (χ1) is 5.27. The summed E-state index contributed by atoms with van der Waals surface area (Å²) in [5, 5.41) is 0. The molecule has 0 amide bonds. The molecule has 11 heavy (non-hydrogen) atoms. The summed E-state index contributed by atoms with van der Waals surface area (Å²) >= 11 is 5.67. The van der Waals surface area contributed by atoms with E-state index in [-0.39, 0.29) is 0 Å². The fourth-order valence-electron chi connectivity index (χ4n) is 0.941. The SMILES string of the molecule is Cc1ccc(CCl)c(NN)c1. The first kappa shape index (κ1) is 8.37. The van der Waals surface area contributed by atoms with Crippen molar-refractivity contribution in [1.82, 2.24) is 0 Å². The van der Waals surface area contributed by atoms with E-state index >= 15 is 0 Å². The van der Waals surface area contributed by atoms with Gasteiger partial charge in [-0.2, -0.15) is 0 Å². The molecule has 0 saturated heterocycles. The number of aryl methyl sites for hydroxylation is 1. The summed E-state index contributed by atoms with van der Waals surface area (Å²) in [6.45, 7) is 2.01. The van der Waals surface area contributed by atoms with Crippen molar-refractivity contribution in [2.24, 2.45) is 5.84 Å². The molecule has 0 aromatic heterocycles. The van der Waals surface area contributed by atoms with Crippen LogP contribution in [0.25, 0.3) is 0 Å². The summed E-state index contributed by atoms with van der Waals surface area (Å²) in [5.41, 5.74) is 5.71. The minimum atomic E-state index is 0.486. The Hall–Kier alpha value is -0.730. The smallest absolute Gasteiger partial charge is 0.0531 e. The van der Waals surface area contributed by atoms with Crippen LogP contribution in [0.5, 0.6) is 0 Å². The monoisotopic (exact) mass is 170 g/mol. The Bertz CT molecular complexity index is 248. The highest BCUT2D eigenvalue weighted by Crippen LogP contribution is 2.17. The predicted molar refractivity (Wildman–Crippen MR) is 48.5 cm³/mol. The maximum atomic E-state index is 5.67. The van der Waals surface area contributed by atoms with Crippen molar-refractivity contribution >= 4 is 17.3 Å². The zero-order valence-electron chi connectivity index (χ0n) is 6.39. The van der Waals surface area contributed by atoms with E-state index in [9.17, 15) is 0 Å². The number of hydrogen-bond donors (Lipinski definition) is 2. The van der Waals surface area contributed by atoms with Crippen LogP contribution in [0, 0.1) is 6.92 Å². The first-order valence-electron chi connectivity index (χ1n) is 3.40. The van der Waals surface area contributed by atoms with Crippen LogP contribution in [0.4, 0.5) is 5.69 Å². The molecule has 0 aliphatic carbocycles. The molecule has 0 unspecified atom stereocenters. The third-order valence-corrected chi connectivity index (χ3v) is 1.85. The summed E-state index contributed by atoms with van der Waals surface area (Å²) in [5.74, 6) is 5.77. The molecule has 3 heteroatoms.